The second kappa shape index (κ2) is 5.43. The van der Waals surface area contributed by atoms with Crippen molar-refractivity contribution in [2.75, 3.05) is 31.1 Å². The number of hydrogen-bond donors (Lipinski definition) is 1. The molecule has 1 unspecified atom stereocenters. The minimum absolute atomic E-state index is 0.413. The molecule has 1 aromatic rings. The average molecular weight is 276 g/mol. The van der Waals surface area contributed by atoms with E-state index in [9.17, 15) is 0 Å². The lowest BCUT2D eigenvalue weighted by atomic mass is 9.99. The lowest BCUT2D eigenvalue weighted by Crippen LogP contribution is -2.55. The normalized spacial score (nSPS) is 24.0. The van der Waals surface area contributed by atoms with Gasteiger partial charge in [-0.05, 0) is 31.5 Å². The van der Waals surface area contributed by atoms with Gasteiger partial charge in [0.2, 0.25) is 0 Å². The molecule has 5 heteroatoms. The molecule has 0 amide bonds. The number of nitrogens with zero attached hydrogens (tertiary/aromatic N) is 3. The Hall–Kier alpha value is -1.20. The van der Waals surface area contributed by atoms with Crippen molar-refractivity contribution in [2.24, 2.45) is 5.73 Å². The molecule has 3 heterocycles. The number of thiocarbonyl (C=S) groups is 1. The van der Waals surface area contributed by atoms with Crippen LogP contribution < -0.4 is 10.6 Å². The number of fused-ring (bicyclic) bond motifs is 1. The van der Waals surface area contributed by atoms with Crippen LogP contribution in [0.25, 0.3) is 0 Å². The van der Waals surface area contributed by atoms with E-state index in [2.05, 4.69) is 14.8 Å². The minimum Gasteiger partial charge on any atom is -0.389 e. The van der Waals surface area contributed by atoms with Crippen LogP contribution in [0.15, 0.2) is 18.3 Å². The highest BCUT2D eigenvalue weighted by Gasteiger charge is 2.29. The van der Waals surface area contributed by atoms with Crippen LogP contribution in [0.1, 0.15) is 24.8 Å². The van der Waals surface area contributed by atoms with Crippen molar-refractivity contribution in [3.8, 4) is 0 Å². The molecule has 2 fully saturated rings. The van der Waals surface area contributed by atoms with E-state index in [4.69, 9.17) is 18.0 Å². The highest BCUT2D eigenvalue weighted by atomic mass is 32.1. The fraction of sp³-hybridized carbons (Fsp3) is 0.571. The Balaban J connectivity index is 1.70. The fourth-order valence-electron chi connectivity index (χ4n) is 3.08. The molecule has 2 N–H and O–H groups in total. The van der Waals surface area contributed by atoms with Gasteiger partial charge in [-0.2, -0.15) is 0 Å². The zero-order valence-corrected chi connectivity index (χ0v) is 11.9. The first-order chi connectivity index (χ1) is 9.24. The molecular formula is C14H20N4S. The largest absolute Gasteiger partial charge is 0.389 e. The van der Waals surface area contributed by atoms with Crippen LogP contribution in [0.4, 0.5) is 5.82 Å². The van der Waals surface area contributed by atoms with Gasteiger partial charge in [-0.15, -0.1) is 0 Å². The average Bonchev–Trinajstić information content (AvgIpc) is 2.47. The van der Waals surface area contributed by atoms with E-state index in [1.54, 1.807) is 6.20 Å². The van der Waals surface area contributed by atoms with Crippen LogP contribution >= 0.6 is 12.2 Å². The van der Waals surface area contributed by atoms with Gasteiger partial charge in [-0.1, -0.05) is 18.6 Å². The summed E-state index contributed by atoms with van der Waals surface area (Å²) >= 11 is 4.96. The molecule has 1 atom stereocenters. The molecule has 4 nitrogen and oxygen atoms in total. The van der Waals surface area contributed by atoms with Crippen molar-refractivity contribution in [3.05, 3.63) is 23.9 Å². The Morgan fingerprint density at radius 1 is 1.26 bits per heavy atom. The van der Waals surface area contributed by atoms with Crippen molar-refractivity contribution in [1.82, 2.24) is 9.88 Å². The topological polar surface area (TPSA) is 45.4 Å². The van der Waals surface area contributed by atoms with Gasteiger partial charge in [0.25, 0.3) is 0 Å². The lowest BCUT2D eigenvalue weighted by Gasteiger charge is -2.44. The van der Waals surface area contributed by atoms with Crippen LogP contribution in [0, 0.1) is 0 Å². The van der Waals surface area contributed by atoms with Crippen LogP contribution in [-0.4, -0.2) is 47.1 Å². The molecule has 0 spiro atoms. The summed E-state index contributed by atoms with van der Waals surface area (Å²) in [7, 11) is 0. The molecule has 102 valence electrons. The molecule has 0 radical (unpaired) electrons. The number of hydrogen-bond acceptors (Lipinski definition) is 4. The minimum atomic E-state index is 0.413. The number of rotatable bonds is 2. The van der Waals surface area contributed by atoms with Crippen LogP contribution in [0.2, 0.25) is 0 Å². The SMILES string of the molecule is NC(=S)c1ccc(N2CCN3CCCCC3C2)nc1. The summed E-state index contributed by atoms with van der Waals surface area (Å²) in [6.45, 7) is 4.59. The van der Waals surface area contributed by atoms with E-state index in [-0.39, 0.29) is 0 Å². The molecule has 19 heavy (non-hydrogen) atoms. The number of aromatic nitrogens is 1. The van der Waals surface area contributed by atoms with Crippen molar-refractivity contribution in [3.63, 3.8) is 0 Å². The van der Waals surface area contributed by atoms with E-state index >= 15 is 0 Å². The molecule has 1 aromatic heterocycles. The standard InChI is InChI=1S/C14H20N4S/c15-14(19)11-4-5-13(16-9-11)18-8-7-17-6-2-1-3-12(17)10-18/h4-5,9,12H,1-3,6-8,10H2,(H2,15,19). The van der Waals surface area contributed by atoms with Gasteiger partial charge in [0.15, 0.2) is 0 Å². The Labute approximate surface area is 119 Å². The highest BCUT2D eigenvalue weighted by Crippen LogP contribution is 2.23. The summed E-state index contributed by atoms with van der Waals surface area (Å²) in [5, 5.41) is 0. The van der Waals surface area contributed by atoms with E-state index in [0.717, 1.165) is 31.0 Å². The Morgan fingerprint density at radius 3 is 2.89 bits per heavy atom. The van der Waals surface area contributed by atoms with Crippen LogP contribution in [0.3, 0.4) is 0 Å². The third-order valence-corrected chi connectivity index (χ3v) is 4.43. The van der Waals surface area contributed by atoms with E-state index in [0.29, 0.717) is 11.0 Å². The second-order valence-electron chi connectivity index (χ2n) is 5.40. The van der Waals surface area contributed by atoms with Crippen molar-refractivity contribution in [1.29, 1.82) is 0 Å². The summed E-state index contributed by atoms with van der Waals surface area (Å²) in [6, 6.07) is 4.71. The fourth-order valence-corrected chi connectivity index (χ4v) is 3.20. The van der Waals surface area contributed by atoms with Crippen molar-refractivity contribution in [2.45, 2.75) is 25.3 Å². The smallest absolute Gasteiger partial charge is 0.128 e. The first kappa shape index (κ1) is 12.8. The van der Waals surface area contributed by atoms with Gasteiger partial charge in [0, 0.05) is 37.4 Å². The van der Waals surface area contributed by atoms with E-state index in [1.165, 1.54) is 25.8 Å². The van der Waals surface area contributed by atoms with Gasteiger partial charge in [-0.3, -0.25) is 4.90 Å². The third kappa shape index (κ3) is 2.72. The Kier molecular flexibility index (Phi) is 3.66. The molecule has 0 aromatic carbocycles. The molecule has 0 saturated carbocycles. The number of nitrogens with two attached hydrogens (primary N) is 1. The maximum Gasteiger partial charge on any atom is 0.128 e. The van der Waals surface area contributed by atoms with Gasteiger partial charge < -0.3 is 10.6 Å². The van der Waals surface area contributed by atoms with Gasteiger partial charge in [0.1, 0.15) is 10.8 Å². The molecular weight excluding hydrogens is 256 g/mol. The monoisotopic (exact) mass is 276 g/mol. The first-order valence-corrected chi connectivity index (χ1v) is 7.40. The number of piperazine rings is 1. The number of pyridine rings is 1. The first-order valence-electron chi connectivity index (χ1n) is 6.99. The van der Waals surface area contributed by atoms with Crippen molar-refractivity contribution >= 4 is 23.0 Å². The molecule has 2 saturated heterocycles. The van der Waals surface area contributed by atoms with E-state index in [1.807, 2.05) is 12.1 Å². The highest BCUT2D eigenvalue weighted by molar-refractivity contribution is 7.80. The summed E-state index contributed by atoms with van der Waals surface area (Å²) in [5.74, 6) is 1.05. The molecule has 2 aliphatic heterocycles. The van der Waals surface area contributed by atoms with Crippen LogP contribution in [-0.2, 0) is 0 Å². The number of anilines is 1. The zero-order chi connectivity index (χ0) is 13.2. The Morgan fingerprint density at radius 2 is 2.16 bits per heavy atom. The second-order valence-corrected chi connectivity index (χ2v) is 5.84. The lowest BCUT2D eigenvalue weighted by molar-refractivity contribution is 0.133. The summed E-state index contributed by atoms with van der Waals surface area (Å²) < 4.78 is 0. The van der Waals surface area contributed by atoms with Gasteiger partial charge in [-0.25, -0.2) is 4.98 Å². The third-order valence-electron chi connectivity index (χ3n) is 4.19. The summed E-state index contributed by atoms with van der Waals surface area (Å²) in [5.41, 5.74) is 6.44. The van der Waals surface area contributed by atoms with Gasteiger partial charge in [0.05, 0.1) is 0 Å². The molecule has 2 aliphatic rings. The quantitative estimate of drug-likeness (QED) is 0.827. The van der Waals surface area contributed by atoms with Gasteiger partial charge >= 0.3 is 0 Å². The predicted octanol–water partition coefficient (Wildman–Crippen LogP) is 1.39. The van der Waals surface area contributed by atoms with E-state index < -0.39 is 0 Å². The summed E-state index contributed by atoms with van der Waals surface area (Å²) in [6.07, 6.45) is 5.83. The van der Waals surface area contributed by atoms with Crippen molar-refractivity contribution < 1.29 is 0 Å². The Bertz CT molecular complexity index is 459. The van der Waals surface area contributed by atoms with Crippen LogP contribution in [0.5, 0.6) is 0 Å². The molecule has 0 bridgehead atoms. The molecule has 3 rings (SSSR count). The number of piperidine rings is 1. The predicted molar refractivity (Wildman–Crippen MR) is 81.5 cm³/mol. The maximum absolute atomic E-state index is 5.60. The zero-order valence-electron chi connectivity index (χ0n) is 11.1. The summed E-state index contributed by atoms with van der Waals surface area (Å²) in [4.78, 5) is 9.93. The maximum atomic E-state index is 5.60. The molecule has 0 aliphatic carbocycles.